The van der Waals surface area contributed by atoms with Crippen molar-refractivity contribution in [2.24, 2.45) is 0 Å². The van der Waals surface area contributed by atoms with E-state index in [1.807, 2.05) is 24.5 Å². The number of fused-ring (bicyclic) bond motifs is 1. The number of hydrogen-bond donors (Lipinski definition) is 0. The van der Waals surface area contributed by atoms with E-state index >= 15 is 0 Å². The highest BCUT2D eigenvalue weighted by Crippen LogP contribution is 2.23. The number of anilines is 1. The average molecular weight is 263 g/mol. The fourth-order valence-corrected chi connectivity index (χ4v) is 2.46. The fourth-order valence-electron chi connectivity index (χ4n) is 2.01. The molecule has 2 rings (SSSR count). The van der Waals surface area contributed by atoms with Crippen LogP contribution in [0.2, 0.25) is 0 Å². The van der Waals surface area contributed by atoms with E-state index in [0.29, 0.717) is 10.5 Å². The molecule has 4 heteroatoms. The summed E-state index contributed by atoms with van der Waals surface area (Å²) < 4.78 is 5.36. The summed E-state index contributed by atoms with van der Waals surface area (Å²) >= 11 is 1.41. The first-order valence-corrected chi connectivity index (χ1v) is 7.29. The van der Waals surface area contributed by atoms with E-state index in [9.17, 15) is 4.79 Å². The van der Waals surface area contributed by atoms with Gasteiger partial charge in [-0.1, -0.05) is 0 Å². The molecule has 3 nitrogen and oxygen atoms in total. The van der Waals surface area contributed by atoms with Crippen LogP contribution in [-0.4, -0.2) is 19.3 Å². The molecule has 0 radical (unpaired) electrons. The van der Waals surface area contributed by atoms with Gasteiger partial charge < -0.3 is 9.32 Å². The van der Waals surface area contributed by atoms with E-state index in [4.69, 9.17) is 4.42 Å². The standard InChI is InChI=1S/C14H17NO2S/c1-4-15(5-2)11-7-6-10-8-13(18-3)14(16)17-12(10)9-11/h6-9H,4-5H2,1-3H3. The highest BCUT2D eigenvalue weighted by atomic mass is 32.2. The number of hydrogen-bond acceptors (Lipinski definition) is 4. The van der Waals surface area contributed by atoms with Gasteiger partial charge in [0.05, 0.1) is 4.90 Å². The maximum atomic E-state index is 11.7. The zero-order valence-corrected chi connectivity index (χ0v) is 11.7. The summed E-state index contributed by atoms with van der Waals surface area (Å²) in [7, 11) is 0. The molecule has 1 aromatic carbocycles. The molecule has 0 saturated carbocycles. The molecule has 1 heterocycles. The Morgan fingerprint density at radius 2 is 1.94 bits per heavy atom. The topological polar surface area (TPSA) is 33.5 Å². The maximum absolute atomic E-state index is 11.7. The second-order valence-corrected chi connectivity index (χ2v) is 4.84. The Kier molecular flexibility index (Phi) is 3.97. The number of benzene rings is 1. The first-order valence-electron chi connectivity index (χ1n) is 6.06. The van der Waals surface area contributed by atoms with Crippen LogP contribution in [0.15, 0.2) is 38.4 Å². The average Bonchev–Trinajstić information content (AvgIpc) is 2.39. The molecule has 0 aliphatic heterocycles. The quantitative estimate of drug-likeness (QED) is 0.625. The van der Waals surface area contributed by atoms with Crippen molar-refractivity contribution in [3.63, 3.8) is 0 Å². The van der Waals surface area contributed by atoms with Crippen molar-refractivity contribution < 1.29 is 4.42 Å². The third-order valence-electron chi connectivity index (χ3n) is 3.04. The molecule has 0 aliphatic rings. The molecular formula is C14H17NO2S. The van der Waals surface area contributed by atoms with Crippen LogP contribution in [0.3, 0.4) is 0 Å². The van der Waals surface area contributed by atoms with E-state index < -0.39 is 0 Å². The van der Waals surface area contributed by atoms with Gasteiger partial charge in [0.15, 0.2) is 0 Å². The lowest BCUT2D eigenvalue weighted by Gasteiger charge is -2.20. The number of nitrogens with zero attached hydrogens (tertiary/aromatic N) is 1. The molecule has 18 heavy (non-hydrogen) atoms. The fraction of sp³-hybridized carbons (Fsp3) is 0.357. The van der Waals surface area contributed by atoms with E-state index in [1.165, 1.54) is 11.8 Å². The van der Waals surface area contributed by atoms with Crippen molar-refractivity contribution in [1.29, 1.82) is 0 Å². The van der Waals surface area contributed by atoms with Gasteiger partial charge in [-0.25, -0.2) is 4.79 Å². The summed E-state index contributed by atoms with van der Waals surface area (Å²) in [6, 6.07) is 7.90. The van der Waals surface area contributed by atoms with Crippen LogP contribution in [0.5, 0.6) is 0 Å². The Bertz CT molecular complexity index is 602. The summed E-state index contributed by atoms with van der Waals surface area (Å²) in [5.41, 5.74) is 1.49. The zero-order chi connectivity index (χ0) is 13.1. The summed E-state index contributed by atoms with van der Waals surface area (Å²) in [6.07, 6.45) is 1.88. The molecule has 0 amide bonds. The normalized spacial score (nSPS) is 10.8. The van der Waals surface area contributed by atoms with E-state index in [1.54, 1.807) is 0 Å². The van der Waals surface area contributed by atoms with Gasteiger partial charge >= 0.3 is 5.63 Å². The predicted molar refractivity (Wildman–Crippen MR) is 77.8 cm³/mol. The lowest BCUT2D eigenvalue weighted by molar-refractivity contribution is 0.544. The lowest BCUT2D eigenvalue weighted by atomic mass is 10.2. The van der Waals surface area contributed by atoms with Crippen LogP contribution in [-0.2, 0) is 0 Å². The lowest BCUT2D eigenvalue weighted by Crippen LogP contribution is -2.21. The first kappa shape index (κ1) is 13.0. The highest BCUT2D eigenvalue weighted by Gasteiger charge is 2.07. The van der Waals surface area contributed by atoms with Gasteiger partial charge in [-0.05, 0) is 38.3 Å². The molecule has 2 aromatic rings. The third kappa shape index (κ3) is 2.38. The van der Waals surface area contributed by atoms with E-state index in [-0.39, 0.29) is 5.63 Å². The van der Waals surface area contributed by atoms with Crippen molar-refractivity contribution in [3.8, 4) is 0 Å². The minimum atomic E-state index is -0.258. The molecule has 1 aromatic heterocycles. The largest absolute Gasteiger partial charge is 0.422 e. The summed E-state index contributed by atoms with van der Waals surface area (Å²) in [6.45, 7) is 6.10. The molecular weight excluding hydrogens is 246 g/mol. The number of rotatable bonds is 4. The predicted octanol–water partition coefficient (Wildman–Crippen LogP) is 3.36. The monoisotopic (exact) mass is 263 g/mol. The number of thioether (sulfide) groups is 1. The van der Waals surface area contributed by atoms with Gasteiger partial charge in [0, 0.05) is 30.2 Å². The Morgan fingerprint density at radius 1 is 1.22 bits per heavy atom. The molecule has 0 fully saturated rings. The second kappa shape index (κ2) is 5.48. The van der Waals surface area contributed by atoms with Crippen LogP contribution in [0.4, 0.5) is 5.69 Å². The minimum absolute atomic E-state index is 0.258. The van der Waals surface area contributed by atoms with Crippen LogP contribution < -0.4 is 10.5 Å². The van der Waals surface area contributed by atoms with Crippen LogP contribution in [0.25, 0.3) is 11.0 Å². The molecule has 0 spiro atoms. The van der Waals surface area contributed by atoms with Gasteiger partial charge in [-0.3, -0.25) is 0 Å². The molecule has 0 atom stereocenters. The van der Waals surface area contributed by atoms with Gasteiger partial charge in [0.2, 0.25) is 0 Å². The molecule has 0 saturated heterocycles. The summed E-state index contributed by atoms with van der Waals surface area (Å²) in [5.74, 6) is 0. The van der Waals surface area contributed by atoms with E-state index in [2.05, 4.69) is 24.8 Å². The first-order chi connectivity index (χ1) is 8.69. The van der Waals surface area contributed by atoms with E-state index in [0.717, 1.165) is 24.2 Å². The molecule has 96 valence electrons. The third-order valence-corrected chi connectivity index (χ3v) is 3.76. The summed E-state index contributed by atoms with van der Waals surface area (Å²) in [5, 5.41) is 0.967. The Balaban J connectivity index is 2.55. The molecule has 0 unspecified atom stereocenters. The Labute approximate surface area is 111 Å². The molecule has 0 aliphatic carbocycles. The van der Waals surface area contributed by atoms with Gasteiger partial charge in [0.25, 0.3) is 0 Å². The molecule has 0 bridgehead atoms. The van der Waals surface area contributed by atoms with Crippen molar-refractivity contribution in [2.75, 3.05) is 24.2 Å². The van der Waals surface area contributed by atoms with Gasteiger partial charge in [-0.2, -0.15) is 0 Å². The van der Waals surface area contributed by atoms with Crippen molar-refractivity contribution >= 4 is 28.4 Å². The zero-order valence-electron chi connectivity index (χ0n) is 10.9. The smallest absolute Gasteiger partial charge is 0.350 e. The van der Waals surface area contributed by atoms with Crippen molar-refractivity contribution in [2.45, 2.75) is 18.7 Å². The molecule has 0 N–H and O–H groups in total. The van der Waals surface area contributed by atoms with Crippen LogP contribution >= 0.6 is 11.8 Å². The second-order valence-electron chi connectivity index (χ2n) is 4.00. The highest BCUT2D eigenvalue weighted by molar-refractivity contribution is 7.98. The van der Waals surface area contributed by atoms with Crippen molar-refractivity contribution in [3.05, 3.63) is 34.7 Å². The van der Waals surface area contributed by atoms with Crippen molar-refractivity contribution in [1.82, 2.24) is 0 Å². The minimum Gasteiger partial charge on any atom is -0.422 e. The Hall–Kier alpha value is -1.42. The summed E-state index contributed by atoms with van der Waals surface area (Å²) in [4.78, 5) is 14.6. The maximum Gasteiger partial charge on any atom is 0.350 e. The van der Waals surface area contributed by atoms with Crippen LogP contribution in [0.1, 0.15) is 13.8 Å². The van der Waals surface area contributed by atoms with Gasteiger partial charge in [-0.15, -0.1) is 11.8 Å². The SMILES string of the molecule is CCN(CC)c1ccc2cc(SC)c(=O)oc2c1. The van der Waals surface area contributed by atoms with Gasteiger partial charge in [0.1, 0.15) is 5.58 Å². The Morgan fingerprint density at radius 3 is 2.56 bits per heavy atom. The van der Waals surface area contributed by atoms with Crippen LogP contribution in [0, 0.1) is 0 Å².